The van der Waals surface area contributed by atoms with E-state index in [4.69, 9.17) is 10.00 Å². The van der Waals surface area contributed by atoms with E-state index in [0.29, 0.717) is 37.6 Å². The Balaban J connectivity index is 1.41. The average molecular weight is 428 g/mol. The van der Waals surface area contributed by atoms with Gasteiger partial charge in [-0.15, -0.1) is 11.3 Å². The van der Waals surface area contributed by atoms with E-state index >= 15 is 0 Å². The van der Waals surface area contributed by atoms with Crippen molar-refractivity contribution in [1.29, 1.82) is 5.26 Å². The monoisotopic (exact) mass is 427 g/mol. The second kappa shape index (κ2) is 8.71. The van der Waals surface area contributed by atoms with Gasteiger partial charge in [0.2, 0.25) is 0 Å². The molecule has 3 heterocycles. The van der Waals surface area contributed by atoms with Crippen molar-refractivity contribution >= 4 is 33.9 Å². The number of piperidine rings is 1. The molecule has 0 saturated carbocycles. The summed E-state index contributed by atoms with van der Waals surface area (Å²) in [6.07, 6.45) is 3.22. The fraction of sp³-hybridized carbons (Fsp3) is 0.381. The number of nitriles is 1. The summed E-state index contributed by atoms with van der Waals surface area (Å²) in [6, 6.07) is 6.94. The fourth-order valence-electron chi connectivity index (χ4n) is 3.84. The van der Waals surface area contributed by atoms with Gasteiger partial charge in [0.1, 0.15) is 11.9 Å². The molecule has 1 N–H and O–H groups in total. The number of ether oxygens (including phenoxy) is 1. The molecule has 7 nitrogen and oxygen atoms in total. The van der Waals surface area contributed by atoms with E-state index in [9.17, 15) is 9.18 Å². The second-order valence-corrected chi connectivity index (χ2v) is 8.31. The lowest BCUT2D eigenvalue weighted by Gasteiger charge is -2.34. The SMILES string of the molecule is CC1CN(c2ccc(N3C[C@H](CNc4nccs4)OC3=O)cc2F)CCC1=CC#N. The Kier molecular flexibility index (Phi) is 5.86. The molecule has 30 heavy (non-hydrogen) atoms. The smallest absolute Gasteiger partial charge is 0.414 e. The van der Waals surface area contributed by atoms with E-state index in [2.05, 4.69) is 16.4 Å². The minimum atomic E-state index is -0.481. The third kappa shape index (κ3) is 4.24. The molecular formula is C21H22FN5O2S. The van der Waals surface area contributed by atoms with Crippen LogP contribution in [0.2, 0.25) is 0 Å². The summed E-state index contributed by atoms with van der Waals surface area (Å²) >= 11 is 1.47. The number of nitrogens with zero attached hydrogens (tertiary/aromatic N) is 4. The largest absolute Gasteiger partial charge is 0.442 e. The highest BCUT2D eigenvalue weighted by molar-refractivity contribution is 7.13. The normalized spacial score (nSPS) is 22.8. The van der Waals surface area contributed by atoms with Crippen LogP contribution < -0.4 is 15.1 Å². The number of carbonyl (C=O) groups is 1. The van der Waals surface area contributed by atoms with Crippen molar-refractivity contribution in [3.8, 4) is 6.07 Å². The first-order valence-corrected chi connectivity index (χ1v) is 10.7. The lowest BCUT2D eigenvalue weighted by molar-refractivity contribution is 0.147. The molecule has 1 aromatic heterocycles. The quantitative estimate of drug-likeness (QED) is 0.726. The zero-order chi connectivity index (χ0) is 21.1. The van der Waals surface area contributed by atoms with Crippen LogP contribution in [0.1, 0.15) is 13.3 Å². The first kappa shape index (κ1) is 20.2. The van der Waals surface area contributed by atoms with E-state index in [0.717, 1.165) is 17.1 Å². The molecule has 1 unspecified atom stereocenters. The molecule has 4 rings (SSSR count). The Labute approximate surface area is 178 Å². The van der Waals surface area contributed by atoms with Crippen LogP contribution >= 0.6 is 11.3 Å². The highest BCUT2D eigenvalue weighted by atomic mass is 32.1. The lowest BCUT2D eigenvalue weighted by Crippen LogP contribution is -2.36. The number of benzene rings is 1. The number of halogens is 1. The van der Waals surface area contributed by atoms with Crippen molar-refractivity contribution in [3.05, 3.63) is 47.2 Å². The lowest BCUT2D eigenvalue weighted by atomic mass is 9.92. The number of hydrogen-bond donors (Lipinski definition) is 1. The minimum Gasteiger partial charge on any atom is -0.442 e. The van der Waals surface area contributed by atoms with Crippen molar-refractivity contribution in [2.45, 2.75) is 19.4 Å². The van der Waals surface area contributed by atoms with Gasteiger partial charge in [-0.25, -0.2) is 14.2 Å². The summed E-state index contributed by atoms with van der Waals surface area (Å²) in [5.74, 6) is -0.179. The van der Waals surface area contributed by atoms with Crippen LogP contribution in [-0.2, 0) is 4.74 Å². The summed E-state index contributed by atoms with van der Waals surface area (Å²) in [5.41, 5.74) is 2.09. The van der Waals surface area contributed by atoms with Gasteiger partial charge in [-0.1, -0.05) is 12.5 Å². The summed E-state index contributed by atoms with van der Waals surface area (Å²) in [4.78, 5) is 19.9. The third-order valence-corrected chi connectivity index (χ3v) is 6.15. The van der Waals surface area contributed by atoms with Crippen LogP contribution in [0.15, 0.2) is 41.4 Å². The summed E-state index contributed by atoms with van der Waals surface area (Å²) in [6.45, 7) is 4.14. The van der Waals surface area contributed by atoms with Crippen molar-refractivity contribution in [3.63, 3.8) is 0 Å². The number of anilines is 3. The number of allylic oxidation sites excluding steroid dienone is 1. The topological polar surface area (TPSA) is 81.5 Å². The average Bonchev–Trinajstić information content (AvgIpc) is 3.37. The van der Waals surface area contributed by atoms with Gasteiger partial charge >= 0.3 is 6.09 Å². The molecule has 2 aliphatic heterocycles. The summed E-state index contributed by atoms with van der Waals surface area (Å²) in [7, 11) is 0. The summed E-state index contributed by atoms with van der Waals surface area (Å²) < 4.78 is 20.3. The van der Waals surface area contributed by atoms with Crippen LogP contribution in [0.25, 0.3) is 0 Å². The second-order valence-electron chi connectivity index (χ2n) is 7.42. The Bertz CT molecular complexity index is 988. The molecule has 0 aliphatic carbocycles. The highest BCUT2D eigenvalue weighted by Crippen LogP contribution is 2.32. The Morgan fingerprint density at radius 1 is 1.47 bits per heavy atom. The number of amides is 1. The molecule has 0 radical (unpaired) electrons. The number of nitrogens with one attached hydrogen (secondary N) is 1. The van der Waals surface area contributed by atoms with E-state index in [1.165, 1.54) is 22.3 Å². The Morgan fingerprint density at radius 3 is 3.03 bits per heavy atom. The Morgan fingerprint density at radius 2 is 2.33 bits per heavy atom. The maximum atomic E-state index is 14.9. The number of cyclic esters (lactones) is 1. The molecule has 0 bridgehead atoms. The van der Waals surface area contributed by atoms with Crippen LogP contribution in [0.3, 0.4) is 0 Å². The standard InChI is InChI=1S/C21H22FN5O2S/c1-14-12-26(8-5-15(14)4-6-23)19-3-2-16(10-18(19)22)27-13-17(29-21(27)28)11-25-20-24-7-9-30-20/h2-4,7,9-10,14,17H,5,8,11-13H2,1H3,(H,24,25)/t14?,17-/m0/s1. The van der Waals surface area contributed by atoms with E-state index in [-0.39, 0.29) is 17.8 Å². The van der Waals surface area contributed by atoms with Gasteiger partial charge in [0, 0.05) is 30.7 Å². The zero-order valence-corrected chi connectivity index (χ0v) is 17.4. The van der Waals surface area contributed by atoms with Gasteiger partial charge in [0.15, 0.2) is 5.13 Å². The highest BCUT2D eigenvalue weighted by Gasteiger charge is 2.33. The first-order chi connectivity index (χ1) is 14.5. The minimum absolute atomic E-state index is 0.192. The predicted molar refractivity (Wildman–Crippen MR) is 114 cm³/mol. The number of hydrogen-bond acceptors (Lipinski definition) is 7. The van der Waals surface area contributed by atoms with Gasteiger partial charge in [0.05, 0.1) is 30.5 Å². The molecular weight excluding hydrogens is 405 g/mol. The van der Waals surface area contributed by atoms with E-state index in [1.807, 2.05) is 17.2 Å². The molecule has 1 aromatic carbocycles. The van der Waals surface area contributed by atoms with Crippen molar-refractivity contribution in [1.82, 2.24) is 4.98 Å². The molecule has 156 valence electrons. The van der Waals surface area contributed by atoms with Crippen LogP contribution in [-0.4, -0.2) is 43.4 Å². The maximum Gasteiger partial charge on any atom is 0.414 e. The zero-order valence-electron chi connectivity index (χ0n) is 16.5. The number of aromatic nitrogens is 1. The summed E-state index contributed by atoms with van der Waals surface area (Å²) in [5, 5.41) is 14.6. The van der Waals surface area contributed by atoms with Crippen molar-refractivity contribution in [2.75, 3.05) is 41.3 Å². The van der Waals surface area contributed by atoms with Crippen LogP contribution in [0.4, 0.5) is 25.7 Å². The predicted octanol–water partition coefficient (Wildman–Crippen LogP) is 4.02. The van der Waals surface area contributed by atoms with Crippen LogP contribution in [0, 0.1) is 23.1 Å². The van der Waals surface area contributed by atoms with Gasteiger partial charge in [-0.2, -0.15) is 5.26 Å². The maximum absolute atomic E-state index is 14.9. The van der Waals surface area contributed by atoms with Crippen molar-refractivity contribution in [2.24, 2.45) is 5.92 Å². The molecule has 9 heteroatoms. The molecule has 1 amide bonds. The first-order valence-electron chi connectivity index (χ1n) is 9.79. The molecule has 0 spiro atoms. The molecule has 2 atom stereocenters. The molecule has 2 fully saturated rings. The van der Waals surface area contributed by atoms with Gasteiger partial charge in [0.25, 0.3) is 0 Å². The molecule has 2 saturated heterocycles. The molecule has 2 aromatic rings. The fourth-order valence-corrected chi connectivity index (χ4v) is 4.38. The molecule has 2 aliphatic rings. The van der Waals surface area contributed by atoms with E-state index < -0.39 is 6.09 Å². The van der Waals surface area contributed by atoms with Crippen molar-refractivity contribution < 1.29 is 13.9 Å². The van der Waals surface area contributed by atoms with Crippen LogP contribution in [0.5, 0.6) is 0 Å². The van der Waals surface area contributed by atoms with Gasteiger partial charge < -0.3 is 15.0 Å². The third-order valence-electron chi connectivity index (χ3n) is 5.42. The van der Waals surface area contributed by atoms with Gasteiger partial charge in [-0.3, -0.25) is 4.90 Å². The number of thiazole rings is 1. The van der Waals surface area contributed by atoms with Gasteiger partial charge in [-0.05, 0) is 30.5 Å². The Hall–Kier alpha value is -3.12. The number of carbonyl (C=O) groups excluding carboxylic acids is 1. The van der Waals surface area contributed by atoms with E-state index in [1.54, 1.807) is 24.4 Å². The number of rotatable bonds is 5.